The fourth-order valence-electron chi connectivity index (χ4n) is 2.67. The number of carbonyl (C=O) groups excluding carboxylic acids is 1. The molecule has 0 aromatic carbocycles. The van der Waals surface area contributed by atoms with E-state index >= 15 is 0 Å². The highest BCUT2D eigenvalue weighted by atomic mass is 31.2. The van der Waals surface area contributed by atoms with E-state index in [2.05, 4.69) is 72.8 Å². The van der Waals surface area contributed by atoms with Gasteiger partial charge in [-0.05, 0) is 44.9 Å². The van der Waals surface area contributed by atoms with Crippen LogP contribution in [0.3, 0.4) is 0 Å². The fraction of sp³-hybridized carbons (Fsp3) is 0.542. The summed E-state index contributed by atoms with van der Waals surface area (Å²) in [6.45, 7) is 2.49. The van der Waals surface area contributed by atoms with Gasteiger partial charge in [-0.15, -0.1) is 0 Å². The summed E-state index contributed by atoms with van der Waals surface area (Å²) in [5, 5.41) is 2.63. The van der Waals surface area contributed by atoms with Crippen LogP contribution < -0.4 is 5.09 Å². The molecule has 0 radical (unpaired) electrons. The molecule has 0 bridgehead atoms. The van der Waals surface area contributed by atoms with E-state index in [0.29, 0.717) is 6.42 Å². The molecule has 0 saturated carbocycles. The summed E-state index contributed by atoms with van der Waals surface area (Å²) >= 11 is 0. The van der Waals surface area contributed by atoms with E-state index in [4.69, 9.17) is 13.8 Å². The van der Waals surface area contributed by atoms with Crippen LogP contribution in [-0.4, -0.2) is 32.3 Å². The minimum atomic E-state index is -3.20. The first kappa shape index (κ1) is 27.3. The first-order chi connectivity index (χ1) is 15.1. The molecule has 0 aromatic heterocycles. The Morgan fingerprint density at radius 1 is 0.968 bits per heavy atom. The van der Waals surface area contributed by atoms with Crippen molar-refractivity contribution in [1.29, 1.82) is 0 Å². The van der Waals surface area contributed by atoms with Gasteiger partial charge < -0.3 is 9.26 Å². The number of carbonyl (C=O) groups is 1. The number of hydrogen-bond donors (Lipinski definition) is 1. The third-order valence-electron chi connectivity index (χ3n) is 4.39. The summed E-state index contributed by atoms with van der Waals surface area (Å²) < 4.78 is 26.9. The lowest BCUT2D eigenvalue weighted by Gasteiger charge is -2.28. The van der Waals surface area contributed by atoms with Crippen LogP contribution in [0.5, 0.6) is 0 Å². The molecule has 0 aliphatic carbocycles. The van der Waals surface area contributed by atoms with Crippen molar-refractivity contribution in [2.75, 3.05) is 20.3 Å². The van der Waals surface area contributed by atoms with Gasteiger partial charge in [-0.3, -0.25) is 9.32 Å². The molecule has 0 spiro atoms. The third-order valence-corrected chi connectivity index (χ3v) is 5.93. The Balaban J connectivity index is 1.99. The van der Waals surface area contributed by atoms with Gasteiger partial charge in [0, 0.05) is 20.1 Å². The SMILES string of the molecule is CC/C=C\C/C=C\C/C=C\C/C=C\C/C=C\CCCC(=O)O[C@@H]1CNP(=O)(OC)OC1. The fourth-order valence-corrected chi connectivity index (χ4v) is 3.79. The summed E-state index contributed by atoms with van der Waals surface area (Å²) in [5.74, 6) is -0.267. The summed E-state index contributed by atoms with van der Waals surface area (Å²) in [7, 11) is -1.88. The number of rotatable bonds is 15. The smallest absolute Gasteiger partial charge is 0.405 e. The quantitative estimate of drug-likeness (QED) is 0.138. The predicted octanol–water partition coefficient (Wildman–Crippen LogP) is 6.19. The molecule has 174 valence electrons. The van der Waals surface area contributed by atoms with Crippen LogP contribution in [0.1, 0.15) is 58.3 Å². The second-order valence-electron chi connectivity index (χ2n) is 7.05. The minimum absolute atomic E-state index is 0.0820. The van der Waals surface area contributed by atoms with Crippen LogP contribution in [0.15, 0.2) is 60.8 Å². The molecule has 6 nitrogen and oxygen atoms in total. The molecule has 31 heavy (non-hydrogen) atoms. The molecular formula is C24H38NO5P. The molecule has 1 N–H and O–H groups in total. The summed E-state index contributed by atoms with van der Waals surface area (Å²) in [5.41, 5.74) is 0. The van der Waals surface area contributed by atoms with Gasteiger partial charge in [0.2, 0.25) is 0 Å². The molecule has 1 rings (SSSR count). The maximum Gasteiger partial charge on any atom is 0.405 e. The Labute approximate surface area is 187 Å². The lowest BCUT2D eigenvalue weighted by atomic mass is 10.2. The molecule has 1 saturated heterocycles. The Bertz CT molecular complexity index is 669. The maximum atomic E-state index is 11.8. The maximum absolute atomic E-state index is 11.8. The molecule has 1 unspecified atom stereocenters. The second kappa shape index (κ2) is 17.9. The predicted molar refractivity (Wildman–Crippen MR) is 127 cm³/mol. The summed E-state index contributed by atoms with van der Waals surface area (Å²) in [6, 6.07) is 0. The molecular weight excluding hydrogens is 413 g/mol. The normalized spacial score (nSPS) is 22.6. The molecule has 0 amide bonds. The molecule has 1 fully saturated rings. The van der Waals surface area contributed by atoms with E-state index in [1.54, 1.807) is 0 Å². The number of ether oxygens (including phenoxy) is 1. The van der Waals surface area contributed by atoms with Gasteiger partial charge in [0.1, 0.15) is 6.10 Å². The molecule has 0 aromatic rings. The zero-order valence-electron chi connectivity index (χ0n) is 18.9. The van der Waals surface area contributed by atoms with Crippen LogP contribution in [0.2, 0.25) is 0 Å². The van der Waals surface area contributed by atoms with Crippen LogP contribution in [0.4, 0.5) is 0 Å². The highest BCUT2D eigenvalue weighted by Gasteiger charge is 2.32. The van der Waals surface area contributed by atoms with E-state index in [1.165, 1.54) is 7.11 Å². The molecule has 1 aliphatic rings. The second-order valence-corrected chi connectivity index (χ2v) is 8.98. The van der Waals surface area contributed by atoms with Crippen molar-refractivity contribution in [2.45, 2.75) is 64.4 Å². The highest BCUT2D eigenvalue weighted by molar-refractivity contribution is 7.51. The molecule has 1 heterocycles. The van der Waals surface area contributed by atoms with E-state index in [1.807, 2.05) is 0 Å². The Morgan fingerprint density at radius 3 is 2.00 bits per heavy atom. The highest BCUT2D eigenvalue weighted by Crippen LogP contribution is 2.44. The van der Waals surface area contributed by atoms with Crippen LogP contribution in [0.25, 0.3) is 0 Å². The Morgan fingerprint density at radius 2 is 1.52 bits per heavy atom. The van der Waals surface area contributed by atoms with Gasteiger partial charge in [0.15, 0.2) is 0 Å². The average molecular weight is 452 g/mol. The van der Waals surface area contributed by atoms with Crippen molar-refractivity contribution < 1.29 is 23.1 Å². The topological polar surface area (TPSA) is 73.9 Å². The lowest BCUT2D eigenvalue weighted by molar-refractivity contribution is -0.151. The molecule has 1 aliphatic heterocycles. The van der Waals surface area contributed by atoms with Gasteiger partial charge in [0.25, 0.3) is 0 Å². The lowest BCUT2D eigenvalue weighted by Crippen LogP contribution is -2.38. The van der Waals surface area contributed by atoms with Crippen molar-refractivity contribution in [3.05, 3.63) is 60.8 Å². The summed E-state index contributed by atoms with van der Waals surface area (Å²) in [6.07, 6.45) is 28.1. The van der Waals surface area contributed by atoms with E-state index in [0.717, 1.165) is 44.9 Å². The number of nitrogens with one attached hydrogen (secondary N) is 1. The largest absolute Gasteiger partial charge is 0.458 e. The zero-order chi connectivity index (χ0) is 22.6. The van der Waals surface area contributed by atoms with Crippen molar-refractivity contribution >= 4 is 13.7 Å². The minimum Gasteiger partial charge on any atom is -0.458 e. The van der Waals surface area contributed by atoms with Gasteiger partial charge >= 0.3 is 13.7 Å². The Kier molecular flexibility index (Phi) is 15.8. The van der Waals surface area contributed by atoms with Crippen molar-refractivity contribution in [3.63, 3.8) is 0 Å². The van der Waals surface area contributed by atoms with Crippen molar-refractivity contribution in [3.8, 4) is 0 Å². The van der Waals surface area contributed by atoms with E-state index in [-0.39, 0.29) is 19.1 Å². The molecule has 2 atom stereocenters. The van der Waals surface area contributed by atoms with Crippen LogP contribution in [-0.2, 0) is 23.1 Å². The average Bonchev–Trinajstić information content (AvgIpc) is 2.77. The Hall–Kier alpha value is -1.72. The monoisotopic (exact) mass is 451 g/mol. The van der Waals surface area contributed by atoms with Gasteiger partial charge in [-0.2, -0.15) is 0 Å². The van der Waals surface area contributed by atoms with Gasteiger partial charge in [-0.1, -0.05) is 67.7 Å². The third kappa shape index (κ3) is 14.8. The van der Waals surface area contributed by atoms with E-state index < -0.39 is 13.9 Å². The van der Waals surface area contributed by atoms with Crippen molar-refractivity contribution in [1.82, 2.24) is 5.09 Å². The van der Waals surface area contributed by atoms with E-state index in [9.17, 15) is 9.36 Å². The van der Waals surface area contributed by atoms with Gasteiger partial charge in [0.05, 0.1) is 6.61 Å². The molecule has 7 heteroatoms. The van der Waals surface area contributed by atoms with Gasteiger partial charge in [-0.25, -0.2) is 9.65 Å². The first-order valence-corrected chi connectivity index (χ1v) is 12.6. The number of unbranched alkanes of at least 4 members (excludes halogenated alkanes) is 1. The number of esters is 1. The summed E-state index contributed by atoms with van der Waals surface area (Å²) in [4.78, 5) is 11.8. The standard InChI is InChI=1S/C24H38NO5P/c1-3-4-5-6-7-8-9-10-11-12-13-14-15-16-17-18-19-20-24(26)30-23-21-25-31(27,28-2)29-22-23/h4-5,7-8,10-11,13-14,16-17,23H,3,6,9,12,15,18-22H2,1-2H3,(H,25,27)/b5-4-,8-7-,11-10-,14-13-,17-16-/t23-,31?/m1/s1. The number of allylic oxidation sites excluding steroid dienone is 10. The first-order valence-electron chi connectivity index (χ1n) is 11.1. The van der Waals surface area contributed by atoms with Crippen LogP contribution >= 0.6 is 7.75 Å². The number of hydrogen-bond acceptors (Lipinski definition) is 5. The van der Waals surface area contributed by atoms with Crippen molar-refractivity contribution in [2.24, 2.45) is 0 Å². The van der Waals surface area contributed by atoms with Crippen LogP contribution in [0, 0.1) is 0 Å². The zero-order valence-corrected chi connectivity index (χ0v) is 19.8.